The molecule has 1 aromatic carbocycles. The zero-order valence-electron chi connectivity index (χ0n) is 8.87. The zero-order chi connectivity index (χ0) is 12.1. The molecular weight excluding hydrogens is 293 g/mol. The smallest absolute Gasteiger partial charge is 0.307 e. The highest BCUT2D eigenvalue weighted by molar-refractivity contribution is 9.10. The first-order valence-corrected chi connectivity index (χ1v) is 6.07. The van der Waals surface area contributed by atoms with Crippen molar-refractivity contribution in [2.45, 2.75) is 19.4 Å². The molecular formula is C11H13BrClNO2. The molecule has 1 rings (SSSR count). The van der Waals surface area contributed by atoms with Crippen molar-refractivity contribution >= 4 is 33.5 Å². The van der Waals surface area contributed by atoms with E-state index >= 15 is 0 Å². The predicted octanol–water partition coefficient (Wildman–Crippen LogP) is 3.06. The largest absolute Gasteiger partial charge is 0.466 e. The minimum absolute atomic E-state index is 0.146. The summed E-state index contributed by atoms with van der Waals surface area (Å²) in [4.78, 5) is 11.3. The summed E-state index contributed by atoms with van der Waals surface area (Å²) < 4.78 is 5.68. The molecule has 0 amide bonds. The number of carbonyl (C=O) groups is 1. The zero-order valence-corrected chi connectivity index (χ0v) is 11.2. The SMILES string of the molecule is CCOC(=O)C[C@@H](N)c1cc(Cl)ccc1Br. The fourth-order valence-corrected chi connectivity index (χ4v) is 2.03. The molecule has 0 spiro atoms. The van der Waals surface area contributed by atoms with Crippen LogP contribution >= 0.6 is 27.5 Å². The Labute approximate surface area is 108 Å². The van der Waals surface area contributed by atoms with Gasteiger partial charge in [-0.3, -0.25) is 4.79 Å². The third-order valence-electron chi connectivity index (χ3n) is 2.05. The summed E-state index contributed by atoms with van der Waals surface area (Å²) >= 11 is 9.24. The highest BCUT2D eigenvalue weighted by Crippen LogP contribution is 2.27. The molecule has 88 valence electrons. The van der Waals surface area contributed by atoms with Gasteiger partial charge in [-0.1, -0.05) is 27.5 Å². The van der Waals surface area contributed by atoms with Gasteiger partial charge in [0.05, 0.1) is 13.0 Å². The minimum Gasteiger partial charge on any atom is -0.466 e. The molecule has 0 aliphatic carbocycles. The van der Waals surface area contributed by atoms with E-state index in [0.717, 1.165) is 10.0 Å². The number of nitrogens with two attached hydrogens (primary N) is 1. The van der Waals surface area contributed by atoms with Gasteiger partial charge in [-0.15, -0.1) is 0 Å². The molecule has 3 nitrogen and oxygen atoms in total. The van der Waals surface area contributed by atoms with Crippen LogP contribution in [0.2, 0.25) is 5.02 Å². The van der Waals surface area contributed by atoms with Gasteiger partial charge >= 0.3 is 5.97 Å². The molecule has 0 aromatic heterocycles. The highest BCUT2D eigenvalue weighted by atomic mass is 79.9. The van der Waals surface area contributed by atoms with Crippen LogP contribution in [0.1, 0.15) is 24.9 Å². The van der Waals surface area contributed by atoms with E-state index in [1.54, 1.807) is 19.1 Å². The molecule has 0 fully saturated rings. The summed E-state index contributed by atoms with van der Waals surface area (Å²) in [7, 11) is 0. The normalized spacial score (nSPS) is 12.2. The van der Waals surface area contributed by atoms with Crippen molar-refractivity contribution in [1.82, 2.24) is 0 Å². The van der Waals surface area contributed by atoms with Crippen molar-refractivity contribution in [3.8, 4) is 0 Å². The summed E-state index contributed by atoms with van der Waals surface area (Å²) in [5.74, 6) is -0.304. The molecule has 0 heterocycles. The lowest BCUT2D eigenvalue weighted by molar-refractivity contribution is -0.143. The van der Waals surface area contributed by atoms with Crippen LogP contribution in [0.4, 0.5) is 0 Å². The van der Waals surface area contributed by atoms with E-state index in [1.165, 1.54) is 0 Å². The lowest BCUT2D eigenvalue weighted by Crippen LogP contribution is -2.17. The second-order valence-electron chi connectivity index (χ2n) is 3.28. The Morgan fingerprint density at radius 2 is 2.31 bits per heavy atom. The summed E-state index contributed by atoms with van der Waals surface area (Å²) in [5.41, 5.74) is 6.71. The van der Waals surface area contributed by atoms with E-state index in [0.29, 0.717) is 11.6 Å². The van der Waals surface area contributed by atoms with Gasteiger partial charge in [-0.2, -0.15) is 0 Å². The quantitative estimate of drug-likeness (QED) is 0.870. The molecule has 1 atom stereocenters. The minimum atomic E-state index is -0.410. The highest BCUT2D eigenvalue weighted by Gasteiger charge is 2.15. The first-order valence-electron chi connectivity index (χ1n) is 4.90. The molecule has 0 aliphatic heterocycles. The monoisotopic (exact) mass is 305 g/mol. The van der Waals surface area contributed by atoms with Crippen LogP contribution in [0.5, 0.6) is 0 Å². The van der Waals surface area contributed by atoms with Crippen LogP contribution in [0, 0.1) is 0 Å². The van der Waals surface area contributed by atoms with Gasteiger partial charge in [0.15, 0.2) is 0 Å². The number of hydrogen-bond donors (Lipinski definition) is 1. The maximum Gasteiger partial charge on any atom is 0.307 e. The van der Waals surface area contributed by atoms with E-state index < -0.39 is 6.04 Å². The van der Waals surface area contributed by atoms with Crippen molar-refractivity contribution in [1.29, 1.82) is 0 Å². The summed E-state index contributed by atoms with van der Waals surface area (Å²) in [6.45, 7) is 2.13. The van der Waals surface area contributed by atoms with Gasteiger partial charge in [0.1, 0.15) is 0 Å². The lowest BCUT2D eigenvalue weighted by Gasteiger charge is -2.13. The number of ether oxygens (including phenoxy) is 1. The van der Waals surface area contributed by atoms with Crippen molar-refractivity contribution in [3.63, 3.8) is 0 Å². The van der Waals surface area contributed by atoms with E-state index in [4.69, 9.17) is 22.1 Å². The third-order valence-corrected chi connectivity index (χ3v) is 3.01. The molecule has 0 saturated carbocycles. The van der Waals surface area contributed by atoms with Gasteiger partial charge in [0, 0.05) is 15.5 Å². The van der Waals surface area contributed by atoms with Crippen LogP contribution in [-0.2, 0) is 9.53 Å². The Bertz CT molecular complexity index is 384. The number of hydrogen-bond acceptors (Lipinski definition) is 3. The predicted molar refractivity (Wildman–Crippen MR) is 67.3 cm³/mol. The Morgan fingerprint density at radius 3 is 2.94 bits per heavy atom. The molecule has 0 radical (unpaired) electrons. The Morgan fingerprint density at radius 1 is 1.62 bits per heavy atom. The molecule has 5 heteroatoms. The molecule has 16 heavy (non-hydrogen) atoms. The maximum atomic E-state index is 11.3. The van der Waals surface area contributed by atoms with Crippen molar-refractivity contribution in [3.05, 3.63) is 33.3 Å². The molecule has 1 aromatic rings. The first-order chi connectivity index (χ1) is 7.54. The van der Waals surface area contributed by atoms with Crippen LogP contribution in [0.25, 0.3) is 0 Å². The van der Waals surface area contributed by atoms with Crippen LogP contribution < -0.4 is 5.73 Å². The van der Waals surface area contributed by atoms with Crippen molar-refractivity contribution in [2.24, 2.45) is 5.73 Å². The maximum absolute atomic E-state index is 11.3. The standard InChI is InChI=1S/C11H13BrClNO2/c1-2-16-11(15)6-10(14)8-5-7(13)3-4-9(8)12/h3-5,10H,2,6,14H2,1H3/t10-/m1/s1. The number of carbonyl (C=O) groups excluding carboxylic acids is 1. The first kappa shape index (κ1) is 13.5. The Balaban J connectivity index is 2.76. The average Bonchev–Trinajstić information content (AvgIpc) is 2.21. The van der Waals surface area contributed by atoms with Gasteiger partial charge in [-0.25, -0.2) is 0 Å². The molecule has 0 saturated heterocycles. The van der Waals surface area contributed by atoms with Crippen LogP contribution in [0.15, 0.2) is 22.7 Å². The number of halogens is 2. The van der Waals surface area contributed by atoms with Crippen LogP contribution in [0.3, 0.4) is 0 Å². The van der Waals surface area contributed by atoms with E-state index in [-0.39, 0.29) is 12.4 Å². The molecule has 2 N–H and O–H groups in total. The van der Waals surface area contributed by atoms with Gasteiger partial charge in [0.25, 0.3) is 0 Å². The summed E-state index contributed by atoms with van der Waals surface area (Å²) in [6.07, 6.45) is 0.146. The van der Waals surface area contributed by atoms with Crippen molar-refractivity contribution in [2.75, 3.05) is 6.61 Å². The number of benzene rings is 1. The lowest BCUT2D eigenvalue weighted by atomic mass is 10.1. The summed E-state index contributed by atoms with van der Waals surface area (Å²) in [5, 5.41) is 0.595. The average molecular weight is 307 g/mol. The van der Waals surface area contributed by atoms with Gasteiger partial charge in [-0.05, 0) is 30.7 Å². The van der Waals surface area contributed by atoms with Gasteiger partial charge in [0.2, 0.25) is 0 Å². The number of rotatable bonds is 4. The molecule has 0 aliphatic rings. The van der Waals surface area contributed by atoms with Gasteiger partial charge < -0.3 is 10.5 Å². The number of esters is 1. The molecule has 0 unspecified atom stereocenters. The summed E-state index contributed by atoms with van der Waals surface area (Å²) in [6, 6.07) is 4.90. The Kier molecular flexibility index (Phi) is 5.25. The Hall–Kier alpha value is -0.580. The third kappa shape index (κ3) is 3.77. The second kappa shape index (κ2) is 6.23. The van der Waals surface area contributed by atoms with E-state index in [1.807, 2.05) is 6.07 Å². The molecule has 0 bridgehead atoms. The van der Waals surface area contributed by atoms with Crippen molar-refractivity contribution < 1.29 is 9.53 Å². The van der Waals surface area contributed by atoms with Crippen LogP contribution in [-0.4, -0.2) is 12.6 Å². The van der Waals surface area contributed by atoms with E-state index in [9.17, 15) is 4.79 Å². The fraction of sp³-hybridized carbons (Fsp3) is 0.364. The second-order valence-corrected chi connectivity index (χ2v) is 4.57. The van der Waals surface area contributed by atoms with E-state index in [2.05, 4.69) is 15.9 Å². The fourth-order valence-electron chi connectivity index (χ4n) is 1.31. The topological polar surface area (TPSA) is 52.3 Å².